The summed E-state index contributed by atoms with van der Waals surface area (Å²) in [6.07, 6.45) is 0.294. The first-order valence-corrected chi connectivity index (χ1v) is 9.81. The summed E-state index contributed by atoms with van der Waals surface area (Å²) in [5.74, 6) is 0.250. The first kappa shape index (κ1) is 19.2. The van der Waals surface area contributed by atoms with Crippen LogP contribution in [0.15, 0.2) is 42.5 Å². The molecule has 1 amide bonds. The molecule has 0 N–H and O–H groups in total. The van der Waals surface area contributed by atoms with Gasteiger partial charge in [-0.05, 0) is 36.2 Å². The molecule has 0 fully saturated rings. The summed E-state index contributed by atoms with van der Waals surface area (Å²) in [6, 6.07) is 13.3. The van der Waals surface area contributed by atoms with Crippen LogP contribution in [-0.4, -0.2) is 37.1 Å². The highest BCUT2D eigenvalue weighted by molar-refractivity contribution is 7.99. The van der Waals surface area contributed by atoms with Crippen LogP contribution in [0.3, 0.4) is 0 Å². The van der Waals surface area contributed by atoms with Crippen LogP contribution in [0.5, 0.6) is 0 Å². The Morgan fingerprint density at radius 2 is 1.89 bits per heavy atom. The number of ketones is 1. The summed E-state index contributed by atoms with van der Waals surface area (Å²) in [5, 5.41) is 0. The molecule has 1 aliphatic rings. The summed E-state index contributed by atoms with van der Waals surface area (Å²) in [7, 11) is 1.71. The van der Waals surface area contributed by atoms with Crippen LogP contribution < -0.4 is 4.90 Å². The van der Waals surface area contributed by atoms with Crippen LogP contribution in [0.4, 0.5) is 5.69 Å². The third kappa shape index (κ3) is 4.77. The molecular formula is C21H21NO4S. The molecule has 2 aromatic rings. The molecule has 0 saturated carbocycles. The van der Waals surface area contributed by atoms with Crippen LogP contribution in [0, 0.1) is 6.92 Å². The Kier molecular flexibility index (Phi) is 5.96. The number of Topliss-reactive ketones (excluding diaryl/α,β-unsaturated/α-hetero) is 1. The summed E-state index contributed by atoms with van der Waals surface area (Å²) >= 11 is 1.46. The lowest BCUT2D eigenvalue weighted by Gasteiger charge is -2.10. The van der Waals surface area contributed by atoms with E-state index >= 15 is 0 Å². The van der Waals surface area contributed by atoms with E-state index in [-0.39, 0.29) is 24.1 Å². The Balaban J connectivity index is 1.45. The van der Waals surface area contributed by atoms with E-state index in [1.165, 1.54) is 17.3 Å². The van der Waals surface area contributed by atoms with Gasteiger partial charge in [0.15, 0.2) is 12.4 Å². The van der Waals surface area contributed by atoms with Gasteiger partial charge in [-0.1, -0.05) is 29.8 Å². The zero-order valence-corrected chi connectivity index (χ0v) is 16.2. The smallest absolute Gasteiger partial charge is 0.316 e. The lowest BCUT2D eigenvalue weighted by atomic mass is 10.1. The van der Waals surface area contributed by atoms with E-state index in [2.05, 4.69) is 0 Å². The number of aryl methyl sites for hydroxylation is 1. The van der Waals surface area contributed by atoms with Crippen LogP contribution in [0.25, 0.3) is 0 Å². The van der Waals surface area contributed by atoms with Gasteiger partial charge in [0, 0.05) is 24.1 Å². The van der Waals surface area contributed by atoms with Crippen LogP contribution in [0.1, 0.15) is 27.0 Å². The number of esters is 1. The Labute approximate surface area is 162 Å². The second-order valence-corrected chi connectivity index (χ2v) is 7.52. The van der Waals surface area contributed by atoms with Gasteiger partial charge in [0.1, 0.15) is 0 Å². The molecule has 0 saturated heterocycles. The van der Waals surface area contributed by atoms with Crippen molar-refractivity contribution in [3.8, 4) is 0 Å². The number of thioether (sulfide) groups is 1. The molecule has 5 nitrogen and oxygen atoms in total. The zero-order chi connectivity index (χ0) is 19.4. The third-order valence-corrected chi connectivity index (χ3v) is 5.43. The Bertz CT molecular complexity index is 876. The van der Waals surface area contributed by atoms with Gasteiger partial charge in [-0.3, -0.25) is 14.4 Å². The number of hydrogen-bond acceptors (Lipinski definition) is 5. The molecule has 27 heavy (non-hydrogen) atoms. The monoisotopic (exact) mass is 383 g/mol. The molecular weight excluding hydrogens is 362 g/mol. The molecule has 1 aliphatic heterocycles. The number of carbonyl (C=O) groups excluding carboxylic acids is 3. The fraction of sp³-hybridized carbons (Fsp3) is 0.286. The van der Waals surface area contributed by atoms with Crippen molar-refractivity contribution in [3.05, 3.63) is 64.7 Å². The maximum atomic E-state index is 12.3. The standard InChI is InChI=1S/C21H21NO4S/c1-14-3-5-15(6-4-14)12-27-13-21(25)26-11-19(23)16-7-8-18-17(9-16)10-20(24)22(18)2/h3-9H,10-13H2,1-2H3. The van der Waals surface area contributed by atoms with E-state index in [0.717, 1.165) is 22.6 Å². The maximum Gasteiger partial charge on any atom is 0.316 e. The predicted octanol–water partition coefficient (Wildman–Crippen LogP) is 3.17. The van der Waals surface area contributed by atoms with Gasteiger partial charge in [-0.15, -0.1) is 11.8 Å². The first-order chi connectivity index (χ1) is 12.9. The second-order valence-electron chi connectivity index (χ2n) is 6.54. The van der Waals surface area contributed by atoms with Crippen molar-refractivity contribution in [1.29, 1.82) is 0 Å². The average Bonchev–Trinajstić information content (AvgIpc) is 2.95. The van der Waals surface area contributed by atoms with Gasteiger partial charge in [-0.2, -0.15) is 0 Å². The fourth-order valence-corrected chi connectivity index (χ4v) is 3.63. The minimum Gasteiger partial charge on any atom is -0.457 e. The lowest BCUT2D eigenvalue weighted by Crippen LogP contribution is -2.20. The number of anilines is 1. The predicted molar refractivity (Wildman–Crippen MR) is 106 cm³/mol. The molecule has 2 aromatic carbocycles. The quantitative estimate of drug-likeness (QED) is 0.543. The molecule has 0 atom stereocenters. The van der Waals surface area contributed by atoms with E-state index in [9.17, 15) is 14.4 Å². The van der Waals surface area contributed by atoms with Gasteiger partial charge < -0.3 is 9.64 Å². The van der Waals surface area contributed by atoms with Crippen molar-refractivity contribution < 1.29 is 19.1 Å². The number of likely N-dealkylation sites (N-methyl/N-ethyl adjacent to an activating group) is 1. The van der Waals surface area contributed by atoms with Crippen molar-refractivity contribution in [2.75, 3.05) is 24.3 Å². The summed E-state index contributed by atoms with van der Waals surface area (Å²) in [5.41, 5.74) is 4.45. The Hall–Kier alpha value is -2.60. The topological polar surface area (TPSA) is 63.7 Å². The van der Waals surface area contributed by atoms with Gasteiger partial charge in [0.05, 0.1) is 12.2 Å². The number of nitrogens with zero attached hydrogens (tertiary/aromatic N) is 1. The summed E-state index contributed by atoms with van der Waals surface area (Å²) in [4.78, 5) is 37.4. The van der Waals surface area contributed by atoms with Crippen molar-refractivity contribution in [2.45, 2.75) is 19.1 Å². The number of benzene rings is 2. The number of hydrogen-bond donors (Lipinski definition) is 0. The lowest BCUT2D eigenvalue weighted by molar-refractivity contribution is -0.139. The zero-order valence-electron chi connectivity index (χ0n) is 15.4. The summed E-state index contributed by atoms with van der Waals surface area (Å²) < 4.78 is 5.09. The van der Waals surface area contributed by atoms with E-state index in [0.29, 0.717) is 12.0 Å². The Morgan fingerprint density at radius 3 is 2.63 bits per heavy atom. The molecule has 3 rings (SSSR count). The highest BCUT2D eigenvalue weighted by Gasteiger charge is 2.24. The van der Waals surface area contributed by atoms with Crippen LogP contribution in [0.2, 0.25) is 0 Å². The van der Waals surface area contributed by atoms with Crippen molar-refractivity contribution in [3.63, 3.8) is 0 Å². The second kappa shape index (κ2) is 8.39. The maximum absolute atomic E-state index is 12.3. The Morgan fingerprint density at radius 1 is 1.15 bits per heavy atom. The van der Waals surface area contributed by atoms with E-state index < -0.39 is 5.97 Å². The number of ether oxygens (including phenoxy) is 1. The highest BCUT2D eigenvalue weighted by Crippen LogP contribution is 2.28. The first-order valence-electron chi connectivity index (χ1n) is 8.65. The number of rotatable bonds is 7. The molecule has 0 aromatic heterocycles. The van der Waals surface area contributed by atoms with Gasteiger partial charge >= 0.3 is 5.97 Å². The number of amides is 1. The van der Waals surface area contributed by atoms with Crippen molar-refractivity contribution in [1.82, 2.24) is 0 Å². The fourth-order valence-electron chi connectivity index (χ4n) is 2.85. The molecule has 0 aliphatic carbocycles. The SMILES string of the molecule is Cc1ccc(CSCC(=O)OCC(=O)c2ccc3c(c2)CC(=O)N3C)cc1. The minimum absolute atomic E-state index is 0.00614. The third-order valence-electron chi connectivity index (χ3n) is 4.45. The van der Waals surface area contributed by atoms with Gasteiger partial charge in [0.2, 0.25) is 5.91 Å². The van der Waals surface area contributed by atoms with Crippen molar-refractivity contribution in [2.24, 2.45) is 0 Å². The highest BCUT2D eigenvalue weighted by atomic mass is 32.2. The average molecular weight is 383 g/mol. The molecule has 6 heteroatoms. The number of fused-ring (bicyclic) bond motifs is 1. The molecule has 0 radical (unpaired) electrons. The van der Waals surface area contributed by atoms with Gasteiger partial charge in [-0.25, -0.2) is 0 Å². The van der Waals surface area contributed by atoms with E-state index in [1.807, 2.05) is 31.2 Å². The van der Waals surface area contributed by atoms with E-state index in [1.54, 1.807) is 30.1 Å². The van der Waals surface area contributed by atoms with E-state index in [4.69, 9.17) is 4.74 Å². The van der Waals surface area contributed by atoms with Crippen molar-refractivity contribution >= 4 is 35.1 Å². The molecule has 0 bridgehead atoms. The molecule has 140 valence electrons. The summed E-state index contributed by atoms with van der Waals surface area (Å²) in [6.45, 7) is 1.74. The molecule has 0 unspecified atom stereocenters. The minimum atomic E-state index is -0.406. The normalized spacial score (nSPS) is 12.8. The van der Waals surface area contributed by atoms with Crippen LogP contribution >= 0.6 is 11.8 Å². The van der Waals surface area contributed by atoms with Gasteiger partial charge in [0.25, 0.3) is 0 Å². The molecule has 0 spiro atoms. The van der Waals surface area contributed by atoms with Crippen LogP contribution in [-0.2, 0) is 26.5 Å². The molecule has 1 heterocycles. The largest absolute Gasteiger partial charge is 0.457 e. The number of carbonyl (C=O) groups is 3.